The molecule has 4 aliphatic rings. The molecule has 8 atom stereocenters. The Hall–Kier alpha value is -2.11. The Morgan fingerprint density at radius 1 is 1.18 bits per heavy atom. The number of furan rings is 1. The first-order chi connectivity index (χ1) is 16.5. The van der Waals surface area contributed by atoms with Crippen LogP contribution in [0, 0.1) is 23.2 Å². The predicted molar refractivity (Wildman–Crippen MR) is 129 cm³/mol. The second-order valence-corrected chi connectivity index (χ2v) is 11.4. The van der Waals surface area contributed by atoms with E-state index in [9.17, 15) is 4.79 Å². The summed E-state index contributed by atoms with van der Waals surface area (Å²) in [5, 5.41) is 3.60. The molecule has 1 aromatic heterocycles. The zero-order valence-corrected chi connectivity index (χ0v) is 20.4. The molecule has 1 spiro atoms. The Morgan fingerprint density at radius 3 is 2.82 bits per heavy atom. The topological polar surface area (TPSA) is 64.0 Å². The molecule has 6 rings (SSSR count). The first-order valence-corrected chi connectivity index (χ1v) is 13.2. The van der Waals surface area contributed by atoms with E-state index in [1.54, 1.807) is 6.26 Å². The van der Waals surface area contributed by atoms with Gasteiger partial charge in [0.25, 0.3) is 0 Å². The van der Waals surface area contributed by atoms with Crippen molar-refractivity contribution < 1.29 is 18.7 Å². The Labute approximate surface area is 202 Å². The van der Waals surface area contributed by atoms with Crippen LogP contribution in [-0.4, -0.2) is 36.9 Å². The summed E-state index contributed by atoms with van der Waals surface area (Å²) in [6.45, 7) is 6.23. The second-order valence-electron chi connectivity index (χ2n) is 11.4. The van der Waals surface area contributed by atoms with E-state index in [0.717, 1.165) is 31.6 Å². The summed E-state index contributed by atoms with van der Waals surface area (Å²) < 4.78 is 18.3. The van der Waals surface area contributed by atoms with Crippen LogP contribution < -0.4 is 5.32 Å². The van der Waals surface area contributed by atoms with Crippen LogP contribution in [0.15, 0.2) is 53.1 Å². The highest BCUT2D eigenvalue weighted by Gasteiger charge is 2.78. The van der Waals surface area contributed by atoms with Crippen molar-refractivity contribution in [1.82, 2.24) is 5.32 Å². The minimum Gasteiger partial charge on any atom is -0.469 e. The molecule has 0 unspecified atom stereocenters. The van der Waals surface area contributed by atoms with Gasteiger partial charge in [-0.25, -0.2) is 0 Å². The first kappa shape index (κ1) is 22.4. The summed E-state index contributed by atoms with van der Waals surface area (Å²) in [5.74, 6) is 1.95. The predicted octanol–water partition coefficient (Wildman–Crippen LogP) is 5.11. The number of ether oxygens (including phenoxy) is 2. The Kier molecular flexibility index (Phi) is 5.61. The van der Waals surface area contributed by atoms with Crippen molar-refractivity contribution in [2.24, 2.45) is 23.2 Å². The van der Waals surface area contributed by atoms with Crippen molar-refractivity contribution >= 4 is 5.97 Å². The highest BCUT2D eigenvalue weighted by molar-refractivity contribution is 5.76. The molecular weight excluding hydrogens is 426 g/mol. The minimum atomic E-state index is -0.107. The van der Waals surface area contributed by atoms with Gasteiger partial charge in [0, 0.05) is 23.8 Å². The van der Waals surface area contributed by atoms with E-state index < -0.39 is 0 Å². The molecule has 0 bridgehead atoms. The van der Waals surface area contributed by atoms with E-state index in [2.05, 4.69) is 55.6 Å². The molecule has 2 aliphatic carbocycles. The van der Waals surface area contributed by atoms with Gasteiger partial charge in [-0.3, -0.25) is 4.79 Å². The monoisotopic (exact) mass is 463 g/mol. The molecule has 0 radical (unpaired) electrons. The summed E-state index contributed by atoms with van der Waals surface area (Å²) >= 11 is 0. The highest BCUT2D eigenvalue weighted by Crippen LogP contribution is 2.70. The van der Waals surface area contributed by atoms with Crippen molar-refractivity contribution in [3.05, 3.63) is 60.1 Å². The van der Waals surface area contributed by atoms with E-state index in [0.29, 0.717) is 18.4 Å². The quantitative estimate of drug-likeness (QED) is 0.335. The largest absolute Gasteiger partial charge is 0.469 e. The molecule has 5 nitrogen and oxygen atoms in total. The van der Waals surface area contributed by atoms with Crippen molar-refractivity contribution in [2.45, 2.75) is 76.1 Å². The van der Waals surface area contributed by atoms with Crippen LogP contribution in [0.3, 0.4) is 0 Å². The molecule has 34 heavy (non-hydrogen) atoms. The van der Waals surface area contributed by atoms with Crippen LogP contribution >= 0.6 is 0 Å². The van der Waals surface area contributed by atoms with E-state index in [1.807, 2.05) is 6.07 Å². The van der Waals surface area contributed by atoms with Crippen LogP contribution in [0.4, 0.5) is 0 Å². The van der Waals surface area contributed by atoms with Gasteiger partial charge in [0.15, 0.2) is 0 Å². The second kappa shape index (κ2) is 8.53. The first-order valence-electron chi connectivity index (χ1n) is 13.2. The van der Waals surface area contributed by atoms with E-state index in [1.165, 1.54) is 24.8 Å². The number of fused-ring (bicyclic) bond motifs is 2. The summed E-state index contributed by atoms with van der Waals surface area (Å²) in [5.41, 5.74) is 1.43. The van der Waals surface area contributed by atoms with Crippen LogP contribution in [0.25, 0.3) is 0 Å². The number of carbonyl (C=O) groups excluding carboxylic acids is 1. The fourth-order valence-electron chi connectivity index (χ4n) is 7.77. The fourth-order valence-corrected chi connectivity index (χ4v) is 7.77. The number of hydrogen-bond donors (Lipinski definition) is 1. The molecule has 4 fully saturated rings. The van der Waals surface area contributed by atoms with Crippen LogP contribution in [0.2, 0.25) is 0 Å². The lowest BCUT2D eigenvalue weighted by Gasteiger charge is -2.48. The van der Waals surface area contributed by atoms with Gasteiger partial charge in [0.1, 0.15) is 17.5 Å². The number of hydrogen-bond acceptors (Lipinski definition) is 5. The van der Waals surface area contributed by atoms with Gasteiger partial charge in [-0.05, 0) is 62.3 Å². The van der Waals surface area contributed by atoms with Gasteiger partial charge in [-0.1, -0.05) is 50.6 Å². The van der Waals surface area contributed by atoms with Crippen molar-refractivity contribution in [2.75, 3.05) is 13.1 Å². The average molecular weight is 464 g/mol. The van der Waals surface area contributed by atoms with Crippen LogP contribution in [0.5, 0.6) is 0 Å². The number of nitrogens with one attached hydrogen (secondary N) is 1. The maximum Gasteiger partial charge on any atom is 0.311 e. The normalized spacial score (nSPS) is 39.0. The lowest BCUT2D eigenvalue weighted by molar-refractivity contribution is -0.146. The molecule has 1 N–H and O–H groups in total. The van der Waals surface area contributed by atoms with Crippen molar-refractivity contribution in [3.8, 4) is 0 Å². The summed E-state index contributed by atoms with van der Waals surface area (Å²) in [6.07, 6.45) is 8.49. The Balaban J connectivity index is 1.09. The number of rotatable bonds is 8. The van der Waals surface area contributed by atoms with Gasteiger partial charge in [-0.15, -0.1) is 0 Å². The third kappa shape index (κ3) is 3.54. The number of epoxide rings is 1. The van der Waals surface area contributed by atoms with E-state index in [-0.39, 0.29) is 41.0 Å². The molecular formula is C29H37NO4. The highest BCUT2D eigenvalue weighted by atomic mass is 16.6. The molecule has 2 aromatic rings. The summed E-state index contributed by atoms with van der Waals surface area (Å²) in [4.78, 5) is 12.9. The molecule has 2 aliphatic heterocycles. The SMILES string of the molecule is C[C@H]1CCC[C@]2(C)C[C@H]3OC(=O)[C@H](CNCC[C@H](Cc4ccccc4)c4ccco4)[C@H]3[C@H]3O[C@@]312. The van der Waals surface area contributed by atoms with Crippen molar-refractivity contribution in [1.29, 1.82) is 0 Å². The van der Waals surface area contributed by atoms with Crippen molar-refractivity contribution in [3.63, 3.8) is 0 Å². The summed E-state index contributed by atoms with van der Waals surface area (Å²) in [6, 6.07) is 14.6. The van der Waals surface area contributed by atoms with Gasteiger partial charge in [0.05, 0.1) is 18.3 Å². The van der Waals surface area contributed by atoms with Gasteiger partial charge < -0.3 is 19.2 Å². The molecule has 5 heteroatoms. The van der Waals surface area contributed by atoms with Gasteiger partial charge in [-0.2, -0.15) is 0 Å². The molecule has 0 amide bonds. The lowest BCUT2D eigenvalue weighted by Crippen LogP contribution is -2.54. The smallest absolute Gasteiger partial charge is 0.311 e. The molecule has 3 heterocycles. The molecule has 182 valence electrons. The molecule has 2 saturated heterocycles. The number of esters is 1. The maximum absolute atomic E-state index is 12.9. The molecule has 2 saturated carbocycles. The van der Waals surface area contributed by atoms with Crippen LogP contribution in [-0.2, 0) is 20.7 Å². The average Bonchev–Trinajstić information content (AvgIpc) is 3.20. The standard InChI is InChI=1S/C29H37NO4/c1-19-8-6-13-28(2)17-24-25(26-29(19,28)34-26)22(27(31)33-24)18-30-14-12-21(23-11-7-15-32-23)16-20-9-4-3-5-10-20/h3-5,7,9-11,15,19,21-22,24-26,30H,6,8,12-14,16-18H2,1-2H3/t19-,21+,22+,24+,25+,26+,28+,29+/m0/s1. The third-order valence-corrected chi connectivity index (χ3v) is 9.50. The van der Waals surface area contributed by atoms with E-state index in [4.69, 9.17) is 13.9 Å². The summed E-state index contributed by atoms with van der Waals surface area (Å²) in [7, 11) is 0. The third-order valence-electron chi connectivity index (χ3n) is 9.50. The number of carbonyl (C=O) groups is 1. The van der Waals surface area contributed by atoms with Gasteiger partial charge in [0.2, 0.25) is 0 Å². The fraction of sp³-hybridized carbons (Fsp3) is 0.621. The minimum absolute atomic E-state index is 0.0178. The lowest BCUT2D eigenvalue weighted by atomic mass is 9.53. The van der Waals surface area contributed by atoms with E-state index >= 15 is 0 Å². The van der Waals surface area contributed by atoms with Crippen LogP contribution in [0.1, 0.15) is 63.2 Å². The van der Waals surface area contributed by atoms with Gasteiger partial charge >= 0.3 is 5.97 Å². The zero-order chi connectivity index (χ0) is 23.3. The Bertz CT molecular complexity index is 1010. The molecule has 1 aromatic carbocycles. The maximum atomic E-state index is 12.9. The number of benzene rings is 1. The zero-order valence-electron chi connectivity index (χ0n) is 20.4. The Morgan fingerprint density at radius 2 is 2.03 bits per heavy atom.